The zero-order valence-electron chi connectivity index (χ0n) is 16.8. The number of pyridine rings is 1. The van der Waals surface area contributed by atoms with Gasteiger partial charge < -0.3 is 4.90 Å². The molecule has 0 aliphatic carbocycles. The summed E-state index contributed by atoms with van der Waals surface area (Å²) in [6.07, 6.45) is 3.74. The third kappa shape index (κ3) is 3.61. The van der Waals surface area contributed by atoms with Crippen LogP contribution < -0.4 is 4.90 Å². The number of hydrogen-bond donors (Lipinski definition) is 1. The van der Waals surface area contributed by atoms with Gasteiger partial charge in [-0.1, -0.05) is 48.5 Å². The summed E-state index contributed by atoms with van der Waals surface area (Å²) in [6, 6.07) is 21.5. The van der Waals surface area contributed by atoms with E-state index in [-0.39, 0.29) is 0 Å². The summed E-state index contributed by atoms with van der Waals surface area (Å²) in [7, 11) is 0. The average Bonchev–Trinajstić information content (AvgIpc) is 3.05. The minimum Gasteiger partial charge on any atom is -0.316 e. The van der Waals surface area contributed by atoms with E-state index in [0.29, 0.717) is 0 Å². The van der Waals surface area contributed by atoms with Crippen molar-refractivity contribution in [3.05, 3.63) is 76.6 Å². The SMILES string of the molecule is Cc1cc2nn(C[NH+]3CCC(Cc4ccccc4)CC3)c(=S)n2c2ccccc12. The predicted octanol–water partition coefficient (Wildman–Crippen LogP) is 3.82. The van der Waals surface area contributed by atoms with Crippen LogP contribution in [0.3, 0.4) is 0 Å². The number of aryl methyl sites for hydroxylation is 1. The Morgan fingerprint density at radius 3 is 2.55 bits per heavy atom. The van der Waals surface area contributed by atoms with Gasteiger partial charge in [-0.05, 0) is 67.6 Å². The molecule has 0 amide bonds. The first kappa shape index (κ1) is 18.5. The molecule has 1 saturated heterocycles. The maximum Gasteiger partial charge on any atom is 0.207 e. The van der Waals surface area contributed by atoms with E-state index in [1.54, 1.807) is 4.90 Å². The molecule has 5 rings (SSSR count). The Morgan fingerprint density at radius 1 is 1.03 bits per heavy atom. The number of nitrogens with zero attached hydrogens (tertiary/aromatic N) is 3. The van der Waals surface area contributed by atoms with Gasteiger partial charge >= 0.3 is 0 Å². The van der Waals surface area contributed by atoms with Crippen LogP contribution in [0.2, 0.25) is 0 Å². The maximum atomic E-state index is 5.83. The number of para-hydroxylation sites is 1. The molecule has 0 radical (unpaired) electrons. The molecule has 5 heteroatoms. The lowest BCUT2D eigenvalue weighted by Gasteiger charge is -2.29. The fraction of sp³-hybridized carbons (Fsp3) is 0.333. The summed E-state index contributed by atoms with van der Waals surface area (Å²) >= 11 is 5.83. The van der Waals surface area contributed by atoms with Crippen molar-refractivity contribution in [3.8, 4) is 0 Å². The van der Waals surface area contributed by atoms with Crippen LogP contribution >= 0.6 is 12.2 Å². The van der Waals surface area contributed by atoms with Crippen molar-refractivity contribution in [3.63, 3.8) is 0 Å². The summed E-state index contributed by atoms with van der Waals surface area (Å²) in [6.45, 7) is 5.37. The van der Waals surface area contributed by atoms with E-state index in [4.69, 9.17) is 17.3 Å². The standard InChI is InChI=1S/C24H26N4S/c1-18-15-23-25-27(24(29)28(23)22-10-6-5-9-21(18)22)17-26-13-11-20(12-14-26)16-19-7-3-2-4-8-19/h2-10,15,20H,11-14,16-17H2,1H3/p+1. The Hall–Kier alpha value is -2.50. The van der Waals surface area contributed by atoms with Gasteiger partial charge in [0, 0.05) is 5.39 Å². The number of nitrogens with one attached hydrogen (secondary N) is 1. The Bertz CT molecular complexity index is 1200. The quantitative estimate of drug-likeness (QED) is 0.525. The van der Waals surface area contributed by atoms with Crippen LogP contribution in [0.1, 0.15) is 24.0 Å². The summed E-state index contributed by atoms with van der Waals surface area (Å²) in [5.41, 5.74) is 4.81. The lowest BCUT2D eigenvalue weighted by Crippen LogP contribution is -3.12. The third-order valence-electron chi connectivity index (χ3n) is 6.33. The normalized spacial score (nSPS) is 19.8. The topological polar surface area (TPSA) is 26.7 Å². The average molecular weight is 404 g/mol. The minimum atomic E-state index is 0.793. The molecule has 1 N–H and O–H groups in total. The second kappa shape index (κ2) is 7.73. The molecule has 2 aromatic heterocycles. The highest BCUT2D eigenvalue weighted by Crippen LogP contribution is 2.21. The van der Waals surface area contributed by atoms with Gasteiger partial charge in [0.2, 0.25) is 4.77 Å². The molecule has 0 unspecified atom stereocenters. The van der Waals surface area contributed by atoms with Crippen molar-refractivity contribution in [1.29, 1.82) is 0 Å². The fourth-order valence-electron chi connectivity index (χ4n) is 4.73. The summed E-state index contributed by atoms with van der Waals surface area (Å²) in [5, 5.41) is 6.10. The first-order valence-electron chi connectivity index (χ1n) is 10.5. The van der Waals surface area contributed by atoms with Crippen molar-refractivity contribution in [2.45, 2.75) is 32.9 Å². The highest BCUT2D eigenvalue weighted by molar-refractivity contribution is 7.71. The molecule has 1 fully saturated rings. The van der Waals surface area contributed by atoms with Crippen LogP contribution in [0, 0.1) is 17.6 Å². The van der Waals surface area contributed by atoms with E-state index in [2.05, 4.69) is 72.0 Å². The number of aromatic nitrogens is 3. The minimum absolute atomic E-state index is 0.793. The number of benzene rings is 2. The second-order valence-electron chi connectivity index (χ2n) is 8.36. The van der Waals surface area contributed by atoms with Crippen molar-refractivity contribution in [1.82, 2.24) is 14.2 Å². The molecule has 0 spiro atoms. The van der Waals surface area contributed by atoms with E-state index in [0.717, 1.165) is 28.5 Å². The molecule has 29 heavy (non-hydrogen) atoms. The molecule has 0 saturated carbocycles. The summed E-state index contributed by atoms with van der Waals surface area (Å²) in [4.78, 5) is 1.58. The summed E-state index contributed by atoms with van der Waals surface area (Å²) in [5.74, 6) is 0.793. The zero-order valence-corrected chi connectivity index (χ0v) is 17.7. The van der Waals surface area contributed by atoms with Crippen LogP contribution in [-0.2, 0) is 13.1 Å². The largest absolute Gasteiger partial charge is 0.316 e. The van der Waals surface area contributed by atoms with E-state index in [1.165, 1.54) is 48.9 Å². The second-order valence-corrected chi connectivity index (χ2v) is 8.73. The number of piperidine rings is 1. The fourth-order valence-corrected chi connectivity index (χ4v) is 5.03. The van der Waals surface area contributed by atoms with E-state index in [9.17, 15) is 0 Å². The predicted molar refractivity (Wildman–Crippen MR) is 120 cm³/mol. The van der Waals surface area contributed by atoms with Gasteiger partial charge in [0.1, 0.15) is 0 Å². The van der Waals surface area contributed by atoms with Crippen LogP contribution in [-0.4, -0.2) is 27.3 Å². The Balaban J connectivity index is 1.33. The lowest BCUT2D eigenvalue weighted by molar-refractivity contribution is -0.929. The van der Waals surface area contributed by atoms with Gasteiger partial charge in [-0.15, -0.1) is 5.10 Å². The molecule has 0 bridgehead atoms. The van der Waals surface area contributed by atoms with Gasteiger partial charge in [0.25, 0.3) is 0 Å². The Morgan fingerprint density at radius 2 is 1.76 bits per heavy atom. The Labute approximate surface area is 176 Å². The van der Waals surface area contributed by atoms with Crippen molar-refractivity contribution in [2.75, 3.05) is 13.1 Å². The van der Waals surface area contributed by atoms with E-state index >= 15 is 0 Å². The molecule has 3 heterocycles. The van der Waals surface area contributed by atoms with Gasteiger partial charge in [-0.25, -0.2) is 0 Å². The van der Waals surface area contributed by atoms with Crippen LogP contribution in [0.4, 0.5) is 0 Å². The molecular weight excluding hydrogens is 376 g/mol. The van der Waals surface area contributed by atoms with Crippen molar-refractivity contribution < 1.29 is 4.90 Å². The Kier molecular flexibility index (Phi) is 4.94. The first-order valence-corrected chi connectivity index (χ1v) is 11.0. The van der Waals surface area contributed by atoms with Gasteiger partial charge in [-0.2, -0.15) is 4.68 Å². The van der Waals surface area contributed by atoms with Gasteiger partial charge in [0.15, 0.2) is 12.3 Å². The first-order chi connectivity index (χ1) is 14.2. The van der Waals surface area contributed by atoms with Crippen molar-refractivity contribution >= 4 is 28.8 Å². The molecule has 4 aromatic rings. The highest BCUT2D eigenvalue weighted by atomic mass is 32.1. The van der Waals surface area contributed by atoms with Crippen molar-refractivity contribution in [2.24, 2.45) is 5.92 Å². The maximum absolute atomic E-state index is 5.83. The molecular formula is C24H27N4S+. The smallest absolute Gasteiger partial charge is 0.207 e. The molecule has 2 aromatic carbocycles. The number of fused-ring (bicyclic) bond motifs is 3. The lowest BCUT2D eigenvalue weighted by atomic mass is 9.90. The molecule has 0 atom stereocenters. The van der Waals surface area contributed by atoms with Gasteiger partial charge in [0.05, 0.1) is 18.6 Å². The number of rotatable bonds is 4. The van der Waals surface area contributed by atoms with Crippen LogP contribution in [0.5, 0.6) is 0 Å². The van der Waals surface area contributed by atoms with Gasteiger partial charge in [-0.3, -0.25) is 4.40 Å². The van der Waals surface area contributed by atoms with Crippen LogP contribution in [0.15, 0.2) is 60.7 Å². The monoisotopic (exact) mass is 403 g/mol. The molecule has 148 valence electrons. The number of likely N-dealkylation sites (tertiary alicyclic amines) is 1. The van der Waals surface area contributed by atoms with E-state index < -0.39 is 0 Å². The molecule has 4 nitrogen and oxygen atoms in total. The summed E-state index contributed by atoms with van der Waals surface area (Å²) < 4.78 is 4.96. The number of hydrogen-bond acceptors (Lipinski definition) is 2. The molecule has 1 aliphatic rings. The highest BCUT2D eigenvalue weighted by Gasteiger charge is 2.23. The zero-order chi connectivity index (χ0) is 19.8. The third-order valence-corrected chi connectivity index (χ3v) is 6.73. The number of quaternary nitrogens is 1. The van der Waals surface area contributed by atoms with E-state index in [1.807, 2.05) is 4.68 Å². The molecule has 1 aliphatic heterocycles. The van der Waals surface area contributed by atoms with Crippen LogP contribution in [0.25, 0.3) is 16.6 Å².